The Labute approximate surface area is 125 Å². The van der Waals surface area contributed by atoms with Crippen molar-refractivity contribution in [3.05, 3.63) is 35.4 Å². The largest absolute Gasteiger partial charge is 0.495 e. The fraction of sp³-hybridized carbons (Fsp3) is 0.400. The van der Waals surface area contributed by atoms with Gasteiger partial charge >= 0.3 is 0 Å². The Morgan fingerprint density at radius 2 is 2.15 bits per heavy atom. The molecule has 1 amide bonds. The van der Waals surface area contributed by atoms with Gasteiger partial charge in [0.1, 0.15) is 5.75 Å². The highest BCUT2D eigenvalue weighted by atomic mass is 35.5. The molecule has 0 aliphatic carbocycles. The lowest BCUT2D eigenvalue weighted by atomic mass is 10.3. The van der Waals surface area contributed by atoms with Crippen molar-refractivity contribution in [3.63, 3.8) is 0 Å². The first-order valence-corrected chi connectivity index (χ1v) is 6.84. The van der Waals surface area contributed by atoms with Gasteiger partial charge in [-0.05, 0) is 31.7 Å². The molecule has 5 heteroatoms. The van der Waals surface area contributed by atoms with Crippen molar-refractivity contribution in [1.29, 1.82) is 0 Å². The fourth-order valence-corrected chi connectivity index (χ4v) is 2.07. The molecule has 0 bridgehead atoms. The molecular formula is C15H21ClN2O2. The first-order valence-electron chi connectivity index (χ1n) is 6.46. The monoisotopic (exact) mass is 296 g/mol. The van der Waals surface area contributed by atoms with Crippen LogP contribution in [0.25, 0.3) is 0 Å². The molecule has 0 aromatic heterocycles. The Balaban J connectivity index is 2.61. The van der Waals surface area contributed by atoms with Crippen LogP contribution in [-0.4, -0.2) is 37.6 Å². The first-order chi connectivity index (χ1) is 9.46. The quantitative estimate of drug-likeness (QED) is 0.786. The van der Waals surface area contributed by atoms with E-state index in [2.05, 4.69) is 11.9 Å². The van der Waals surface area contributed by atoms with Crippen molar-refractivity contribution in [3.8, 4) is 5.75 Å². The van der Waals surface area contributed by atoms with Crippen LogP contribution in [0.3, 0.4) is 0 Å². The van der Waals surface area contributed by atoms with Crippen LogP contribution in [0.2, 0.25) is 5.02 Å². The van der Waals surface area contributed by atoms with Crippen molar-refractivity contribution >= 4 is 23.2 Å². The highest BCUT2D eigenvalue weighted by Crippen LogP contribution is 2.27. The smallest absolute Gasteiger partial charge is 0.238 e. The topological polar surface area (TPSA) is 41.6 Å². The average Bonchev–Trinajstić information content (AvgIpc) is 2.37. The molecular weight excluding hydrogens is 276 g/mol. The third-order valence-corrected chi connectivity index (χ3v) is 3.04. The lowest BCUT2D eigenvalue weighted by molar-refractivity contribution is -0.117. The molecule has 0 aliphatic rings. The van der Waals surface area contributed by atoms with E-state index in [0.717, 1.165) is 12.1 Å². The number of nitrogens with one attached hydrogen (secondary N) is 1. The number of ether oxygens (including phenoxy) is 1. The number of methoxy groups -OCH3 is 1. The number of hydrogen-bond acceptors (Lipinski definition) is 3. The van der Waals surface area contributed by atoms with E-state index in [1.54, 1.807) is 25.3 Å². The average molecular weight is 297 g/mol. The Bertz CT molecular complexity index is 489. The molecule has 1 N–H and O–H groups in total. The van der Waals surface area contributed by atoms with Gasteiger partial charge in [0.2, 0.25) is 5.91 Å². The Kier molecular flexibility index (Phi) is 6.55. The van der Waals surface area contributed by atoms with Crippen molar-refractivity contribution in [2.45, 2.75) is 13.8 Å². The summed E-state index contributed by atoms with van der Waals surface area (Å²) in [6.07, 6.45) is 0. The van der Waals surface area contributed by atoms with Crippen LogP contribution in [0.1, 0.15) is 13.8 Å². The number of benzene rings is 1. The standard InChI is InChI=1S/C15H21ClN2O2/c1-5-18(9-11(2)3)10-15(19)17-12-6-7-14(20-4)13(16)8-12/h6-8H,2,5,9-10H2,1,3-4H3,(H,17,19). The van der Waals surface area contributed by atoms with Crippen LogP contribution in [-0.2, 0) is 4.79 Å². The van der Waals surface area contributed by atoms with Crippen molar-refractivity contribution in [2.24, 2.45) is 0 Å². The van der Waals surface area contributed by atoms with Gasteiger partial charge < -0.3 is 10.1 Å². The maximum absolute atomic E-state index is 12.0. The summed E-state index contributed by atoms with van der Waals surface area (Å²) in [5, 5.41) is 3.29. The van der Waals surface area contributed by atoms with Gasteiger partial charge in [-0.3, -0.25) is 9.69 Å². The van der Waals surface area contributed by atoms with Crippen LogP contribution in [0.5, 0.6) is 5.75 Å². The van der Waals surface area contributed by atoms with Crippen LogP contribution in [0.4, 0.5) is 5.69 Å². The molecule has 0 aliphatic heterocycles. The number of hydrogen-bond donors (Lipinski definition) is 1. The molecule has 20 heavy (non-hydrogen) atoms. The van der Waals surface area contributed by atoms with E-state index in [1.165, 1.54) is 0 Å². The van der Waals surface area contributed by atoms with E-state index in [1.807, 2.05) is 18.7 Å². The van der Waals surface area contributed by atoms with E-state index in [0.29, 0.717) is 29.5 Å². The number of likely N-dealkylation sites (N-methyl/N-ethyl adjacent to an activating group) is 1. The van der Waals surface area contributed by atoms with E-state index >= 15 is 0 Å². The van der Waals surface area contributed by atoms with E-state index in [-0.39, 0.29) is 5.91 Å². The number of carbonyl (C=O) groups is 1. The zero-order valence-corrected chi connectivity index (χ0v) is 13.0. The van der Waals surface area contributed by atoms with Gasteiger partial charge in [0, 0.05) is 12.2 Å². The lowest BCUT2D eigenvalue weighted by Crippen LogP contribution is -2.34. The number of rotatable bonds is 7. The maximum atomic E-state index is 12.0. The number of anilines is 1. The summed E-state index contributed by atoms with van der Waals surface area (Å²) >= 11 is 6.02. The number of amides is 1. The second kappa shape index (κ2) is 7.92. The summed E-state index contributed by atoms with van der Waals surface area (Å²) in [6, 6.07) is 5.16. The van der Waals surface area contributed by atoms with Crippen molar-refractivity contribution < 1.29 is 9.53 Å². The van der Waals surface area contributed by atoms with Gasteiger partial charge in [-0.15, -0.1) is 0 Å². The molecule has 4 nitrogen and oxygen atoms in total. The van der Waals surface area contributed by atoms with E-state index in [9.17, 15) is 4.79 Å². The van der Waals surface area contributed by atoms with Gasteiger partial charge in [-0.25, -0.2) is 0 Å². The maximum Gasteiger partial charge on any atom is 0.238 e. The summed E-state index contributed by atoms with van der Waals surface area (Å²) < 4.78 is 5.07. The predicted molar refractivity (Wildman–Crippen MR) is 83.6 cm³/mol. The lowest BCUT2D eigenvalue weighted by Gasteiger charge is -2.19. The molecule has 0 saturated carbocycles. The van der Waals surface area contributed by atoms with Gasteiger partial charge in [0.15, 0.2) is 0 Å². The molecule has 110 valence electrons. The summed E-state index contributed by atoms with van der Waals surface area (Å²) in [5.74, 6) is 0.511. The van der Waals surface area contributed by atoms with E-state index in [4.69, 9.17) is 16.3 Å². The second-order valence-corrected chi connectivity index (χ2v) is 5.07. The molecule has 1 aromatic carbocycles. The molecule has 0 radical (unpaired) electrons. The molecule has 0 atom stereocenters. The van der Waals surface area contributed by atoms with Gasteiger partial charge in [-0.2, -0.15) is 0 Å². The zero-order chi connectivity index (χ0) is 15.1. The van der Waals surface area contributed by atoms with E-state index < -0.39 is 0 Å². The molecule has 0 saturated heterocycles. The SMILES string of the molecule is C=C(C)CN(CC)CC(=O)Nc1ccc(OC)c(Cl)c1. The molecule has 0 fully saturated rings. The summed E-state index contributed by atoms with van der Waals surface area (Å²) in [4.78, 5) is 14.0. The van der Waals surface area contributed by atoms with Gasteiger partial charge in [-0.1, -0.05) is 30.7 Å². The minimum atomic E-state index is -0.0747. The minimum Gasteiger partial charge on any atom is -0.495 e. The second-order valence-electron chi connectivity index (χ2n) is 4.66. The normalized spacial score (nSPS) is 10.4. The Morgan fingerprint density at radius 1 is 1.45 bits per heavy atom. The Hall–Kier alpha value is -1.52. The number of halogens is 1. The predicted octanol–water partition coefficient (Wildman–Crippen LogP) is 3.19. The van der Waals surface area contributed by atoms with Crippen molar-refractivity contribution in [2.75, 3.05) is 32.1 Å². The minimum absolute atomic E-state index is 0.0747. The molecule has 1 aromatic rings. The van der Waals surface area contributed by atoms with Gasteiger partial charge in [0.05, 0.1) is 18.7 Å². The number of nitrogens with zero attached hydrogens (tertiary/aromatic N) is 1. The molecule has 0 heterocycles. The fourth-order valence-electron chi connectivity index (χ4n) is 1.81. The molecule has 1 rings (SSSR count). The summed E-state index contributed by atoms with van der Waals surface area (Å²) in [5.41, 5.74) is 1.69. The van der Waals surface area contributed by atoms with Crippen LogP contribution in [0.15, 0.2) is 30.4 Å². The Morgan fingerprint density at radius 3 is 2.65 bits per heavy atom. The summed E-state index contributed by atoms with van der Waals surface area (Å²) in [7, 11) is 1.55. The first kappa shape index (κ1) is 16.5. The summed E-state index contributed by atoms with van der Waals surface area (Å²) in [6.45, 7) is 9.66. The third kappa shape index (κ3) is 5.23. The zero-order valence-electron chi connectivity index (χ0n) is 12.2. The van der Waals surface area contributed by atoms with Crippen LogP contribution < -0.4 is 10.1 Å². The highest BCUT2D eigenvalue weighted by molar-refractivity contribution is 6.32. The van der Waals surface area contributed by atoms with Gasteiger partial charge in [0.25, 0.3) is 0 Å². The molecule has 0 spiro atoms. The highest BCUT2D eigenvalue weighted by Gasteiger charge is 2.10. The number of carbonyl (C=O) groups excluding carboxylic acids is 1. The van der Waals surface area contributed by atoms with Crippen molar-refractivity contribution in [1.82, 2.24) is 4.90 Å². The van der Waals surface area contributed by atoms with Crippen LogP contribution >= 0.6 is 11.6 Å². The van der Waals surface area contributed by atoms with Crippen LogP contribution in [0, 0.1) is 0 Å². The third-order valence-electron chi connectivity index (χ3n) is 2.74. The molecule has 0 unspecified atom stereocenters.